The van der Waals surface area contributed by atoms with Crippen LogP contribution < -0.4 is 0 Å². The van der Waals surface area contributed by atoms with Gasteiger partial charge in [0.25, 0.3) is 0 Å². The molecule has 0 aliphatic rings. The minimum atomic E-state index is -3.17. The molecule has 0 saturated heterocycles. The first-order valence-corrected chi connectivity index (χ1v) is 7.26. The molecule has 1 aromatic carbocycles. The minimum absolute atomic E-state index is 0.377. The van der Waals surface area contributed by atoms with E-state index in [1.54, 1.807) is 20.9 Å². The van der Waals surface area contributed by atoms with Crippen LogP contribution in [0.1, 0.15) is 30.5 Å². The monoisotopic (exact) mass is 255 g/mol. The molecule has 0 fully saturated rings. The second kappa shape index (κ2) is 5.19. The molecule has 0 N–H and O–H groups in total. The molecular weight excluding hydrogens is 234 g/mol. The first-order chi connectivity index (χ1) is 7.75. The standard InChI is InChI=1S/C13H21NO2S/c1-10(2)17(15,16)14(5)9-13-8-11(3)6-7-12(13)4/h6-8,10H,9H2,1-5H3. The lowest BCUT2D eigenvalue weighted by Gasteiger charge is -2.20. The molecule has 96 valence electrons. The van der Waals surface area contributed by atoms with E-state index < -0.39 is 10.0 Å². The molecule has 0 unspecified atom stereocenters. The summed E-state index contributed by atoms with van der Waals surface area (Å²) in [5.41, 5.74) is 3.35. The number of rotatable bonds is 4. The molecule has 0 amide bonds. The maximum Gasteiger partial charge on any atom is 0.216 e. The van der Waals surface area contributed by atoms with Gasteiger partial charge in [-0.1, -0.05) is 23.8 Å². The van der Waals surface area contributed by atoms with Crippen LogP contribution in [-0.2, 0) is 16.6 Å². The molecule has 0 aromatic heterocycles. The Balaban J connectivity index is 2.96. The van der Waals surface area contributed by atoms with Gasteiger partial charge in [-0.15, -0.1) is 0 Å². The predicted molar refractivity (Wildman–Crippen MR) is 71.4 cm³/mol. The average Bonchev–Trinajstić information content (AvgIpc) is 2.23. The molecule has 0 saturated carbocycles. The van der Waals surface area contributed by atoms with Crippen molar-refractivity contribution in [2.45, 2.75) is 39.5 Å². The van der Waals surface area contributed by atoms with Gasteiger partial charge in [-0.3, -0.25) is 0 Å². The predicted octanol–water partition coefficient (Wildman–Crippen LogP) is 2.47. The van der Waals surface area contributed by atoms with E-state index in [1.165, 1.54) is 4.31 Å². The maximum atomic E-state index is 12.0. The number of sulfonamides is 1. The summed E-state index contributed by atoms with van der Waals surface area (Å²) in [6.45, 7) is 7.86. The quantitative estimate of drug-likeness (QED) is 0.829. The summed E-state index contributed by atoms with van der Waals surface area (Å²) in [7, 11) is -1.54. The molecule has 1 rings (SSSR count). The smallest absolute Gasteiger partial charge is 0.212 e. The first kappa shape index (κ1) is 14.2. The van der Waals surface area contributed by atoms with Crippen LogP contribution in [0.3, 0.4) is 0 Å². The third-order valence-corrected chi connectivity index (χ3v) is 5.12. The summed E-state index contributed by atoms with van der Waals surface area (Å²) < 4.78 is 25.3. The van der Waals surface area contributed by atoms with Crippen molar-refractivity contribution in [3.05, 3.63) is 34.9 Å². The normalized spacial score (nSPS) is 12.4. The Morgan fingerprint density at radius 1 is 1.24 bits per heavy atom. The Kier molecular flexibility index (Phi) is 4.33. The van der Waals surface area contributed by atoms with Crippen LogP contribution in [0.25, 0.3) is 0 Å². The van der Waals surface area contributed by atoms with Crippen molar-refractivity contribution in [2.24, 2.45) is 0 Å². The molecule has 0 bridgehead atoms. The molecular formula is C13H21NO2S. The molecule has 17 heavy (non-hydrogen) atoms. The van der Waals surface area contributed by atoms with E-state index in [0.717, 1.165) is 16.7 Å². The van der Waals surface area contributed by atoms with Gasteiger partial charge in [-0.25, -0.2) is 12.7 Å². The second-order valence-corrected chi connectivity index (χ2v) is 7.38. The number of nitrogens with zero attached hydrogens (tertiary/aromatic N) is 1. The zero-order valence-electron chi connectivity index (χ0n) is 11.2. The van der Waals surface area contributed by atoms with Crippen molar-refractivity contribution in [3.63, 3.8) is 0 Å². The van der Waals surface area contributed by atoms with Crippen LogP contribution in [0.5, 0.6) is 0 Å². The molecule has 0 aliphatic heterocycles. The maximum absolute atomic E-state index is 12.0. The Labute approximate surface area is 105 Å². The van der Waals surface area contributed by atoms with Gasteiger partial charge in [-0.05, 0) is 38.8 Å². The van der Waals surface area contributed by atoms with Crippen LogP contribution in [0.15, 0.2) is 18.2 Å². The summed E-state index contributed by atoms with van der Waals surface area (Å²) in [6.07, 6.45) is 0. The van der Waals surface area contributed by atoms with E-state index >= 15 is 0 Å². The Hall–Kier alpha value is -0.870. The van der Waals surface area contributed by atoms with Gasteiger partial charge in [0.15, 0.2) is 0 Å². The van der Waals surface area contributed by atoms with Gasteiger partial charge < -0.3 is 0 Å². The molecule has 0 heterocycles. The molecule has 4 heteroatoms. The zero-order chi connectivity index (χ0) is 13.2. The van der Waals surface area contributed by atoms with E-state index in [1.807, 2.05) is 32.0 Å². The molecule has 0 spiro atoms. The lowest BCUT2D eigenvalue weighted by atomic mass is 10.1. The fraction of sp³-hybridized carbons (Fsp3) is 0.538. The van der Waals surface area contributed by atoms with Crippen molar-refractivity contribution in [3.8, 4) is 0 Å². The first-order valence-electron chi connectivity index (χ1n) is 5.76. The van der Waals surface area contributed by atoms with Gasteiger partial charge in [0, 0.05) is 13.6 Å². The lowest BCUT2D eigenvalue weighted by molar-refractivity contribution is 0.459. The van der Waals surface area contributed by atoms with Crippen LogP contribution in [0.4, 0.5) is 0 Å². The van der Waals surface area contributed by atoms with Crippen molar-refractivity contribution < 1.29 is 8.42 Å². The summed E-state index contributed by atoms with van der Waals surface area (Å²) in [4.78, 5) is 0. The highest BCUT2D eigenvalue weighted by Crippen LogP contribution is 2.16. The molecule has 0 aliphatic carbocycles. The molecule has 3 nitrogen and oxygen atoms in total. The van der Waals surface area contributed by atoms with E-state index in [2.05, 4.69) is 0 Å². The van der Waals surface area contributed by atoms with Crippen molar-refractivity contribution >= 4 is 10.0 Å². The molecule has 1 aromatic rings. The van der Waals surface area contributed by atoms with Crippen LogP contribution >= 0.6 is 0 Å². The van der Waals surface area contributed by atoms with Crippen molar-refractivity contribution in [1.82, 2.24) is 4.31 Å². The highest BCUT2D eigenvalue weighted by molar-refractivity contribution is 7.89. The zero-order valence-corrected chi connectivity index (χ0v) is 12.0. The van der Waals surface area contributed by atoms with E-state index in [9.17, 15) is 8.42 Å². The summed E-state index contributed by atoms with van der Waals surface area (Å²) in [6, 6.07) is 6.11. The van der Waals surface area contributed by atoms with Gasteiger partial charge in [-0.2, -0.15) is 0 Å². The third-order valence-electron chi connectivity index (χ3n) is 2.93. The summed E-state index contributed by atoms with van der Waals surface area (Å²) in [5.74, 6) is 0. The van der Waals surface area contributed by atoms with Crippen molar-refractivity contribution in [2.75, 3.05) is 7.05 Å². The Morgan fingerprint density at radius 2 is 1.82 bits per heavy atom. The number of hydrogen-bond donors (Lipinski definition) is 0. The summed E-state index contributed by atoms with van der Waals surface area (Å²) >= 11 is 0. The number of aryl methyl sites for hydroxylation is 2. The van der Waals surface area contributed by atoms with Gasteiger partial charge in [0.05, 0.1) is 5.25 Å². The van der Waals surface area contributed by atoms with E-state index in [4.69, 9.17) is 0 Å². The van der Waals surface area contributed by atoms with Crippen LogP contribution in [0, 0.1) is 13.8 Å². The SMILES string of the molecule is Cc1ccc(C)c(CN(C)S(=O)(=O)C(C)C)c1. The Bertz CT molecular complexity index is 492. The van der Waals surface area contributed by atoms with Crippen LogP contribution in [-0.4, -0.2) is 25.0 Å². The second-order valence-electron chi connectivity index (χ2n) is 4.78. The van der Waals surface area contributed by atoms with Crippen LogP contribution in [0.2, 0.25) is 0 Å². The van der Waals surface area contributed by atoms with Gasteiger partial charge in [0.2, 0.25) is 10.0 Å². The third kappa shape index (κ3) is 3.30. The highest BCUT2D eigenvalue weighted by atomic mass is 32.2. The largest absolute Gasteiger partial charge is 0.216 e. The molecule has 0 atom stereocenters. The summed E-state index contributed by atoms with van der Waals surface area (Å²) in [5, 5.41) is -0.377. The molecule has 0 radical (unpaired) electrons. The average molecular weight is 255 g/mol. The minimum Gasteiger partial charge on any atom is -0.212 e. The number of hydrogen-bond acceptors (Lipinski definition) is 2. The number of benzene rings is 1. The fourth-order valence-electron chi connectivity index (χ4n) is 1.66. The van der Waals surface area contributed by atoms with E-state index in [0.29, 0.717) is 6.54 Å². The lowest BCUT2D eigenvalue weighted by Crippen LogP contribution is -2.32. The van der Waals surface area contributed by atoms with Gasteiger partial charge >= 0.3 is 0 Å². The Morgan fingerprint density at radius 3 is 2.35 bits per heavy atom. The van der Waals surface area contributed by atoms with Gasteiger partial charge in [0.1, 0.15) is 0 Å². The van der Waals surface area contributed by atoms with E-state index in [-0.39, 0.29) is 5.25 Å². The topological polar surface area (TPSA) is 37.4 Å². The van der Waals surface area contributed by atoms with Crippen molar-refractivity contribution in [1.29, 1.82) is 0 Å². The fourth-order valence-corrected chi connectivity index (χ4v) is 2.70. The highest BCUT2D eigenvalue weighted by Gasteiger charge is 2.22.